The number of amidine groups is 1. The van der Waals surface area contributed by atoms with Gasteiger partial charge in [0.05, 0.1) is 11.3 Å². The molecule has 1 unspecified atom stereocenters. The number of fused-ring (bicyclic) bond motifs is 1. The summed E-state index contributed by atoms with van der Waals surface area (Å²) in [6.45, 7) is 2.37. The van der Waals surface area contributed by atoms with Gasteiger partial charge >= 0.3 is 0 Å². The minimum Gasteiger partial charge on any atom is -0.379 e. The summed E-state index contributed by atoms with van der Waals surface area (Å²) in [4.78, 5) is 14.3. The molecule has 2 aromatic carbocycles. The molecular formula is C22H22N4O3S. The quantitative estimate of drug-likeness (QED) is 0.772. The standard InChI is InChI=1S/C22H22N4O3S/c1-16(17-5-3-2-4-6-17)23-19-8-10-20(11-9-19)24-22(27)18-7-12-21-25-30(28,29)14-13-26(21)15-18/h2-12,15-16,23H,13-14H2,1H3,(H,24,27). The second kappa shape index (κ2) is 8.16. The van der Waals surface area contributed by atoms with Crippen molar-refractivity contribution in [3.05, 3.63) is 84.1 Å². The van der Waals surface area contributed by atoms with Crippen LogP contribution >= 0.6 is 0 Å². The van der Waals surface area contributed by atoms with Crippen LogP contribution in [0, 0.1) is 0 Å². The van der Waals surface area contributed by atoms with Crippen molar-refractivity contribution in [3.8, 4) is 0 Å². The summed E-state index contributed by atoms with van der Waals surface area (Å²) in [5.74, 6) is 0.00358. The van der Waals surface area contributed by atoms with Crippen LogP contribution in [-0.4, -0.2) is 37.4 Å². The molecule has 1 atom stereocenters. The summed E-state index contributed by atoms with van der Waals surface area (Å²) >= 11 is 0. The van der Waals surface area contributed by atoms with E-state index in [9.17, 15) is 13.2 Å². The average molecular weight is 423 g/mol. The van der Waals surface area contributed by atoms with Gasteiger partial charge in [0.25, 0.3) is 15.9 Å². The number of amides is 1. The molecule has 30 heavy (non-hydrogen) atoms. The lowest BCUT2D eigenvalue weighted by Gasteiger charge is -2.26. The molecule has 0 aliphatic carbocycles. The van der Waals surface area contributed by atoms with Crippen molar-refractivity contribution in [2.45, 2.75) is 13.0 Å². The van der Waals surface area contributed by atoms with Crippen LogP contribution in [0.2, 0.25) is 0 Å². The van der Waals surface area contributed by atoms with Gasteiger partial charge in [-0.2, -0.15) is 0 Å². The maximum atomic E-state index is 12.6. The normalized spacial score (nSPS) is 18.0. The lowest BCUT2D eigenvalue weighted by Crippen LogP contribution is -2.37. The van der Waals surface area contributed by atoms with Gasteiger partial charge in [0.15, 0.2) is 0 Å². The molecule has 2 aliphatic heterocycles. The Morgan fingerprint density at radius 2 is 1.73 bits per heavy atom. The van der Waals surface area contributed by atoms with Gasteiger partial charge in [0, 0.05) is 30.2 Å². The Hall–Kier alpha value is -3.39. The van der Waals surface area contributed by atoms with Crippen molar-refractivity contribution in [2.24, 2.45) is 4.40 Å². The van der Waals surface area contributed by atoms with E-state index in [1.165, 1.54) is 5.56 Å². The molecule has 4 rings (SSSR count). The third-order valence-electron chi connectivity index (χ3n) is 4.91. The van der Waals surface area contributed by atoms with E-state index < -0.39 is 10.0 Å². The van der Waals surface area contributed by atoms with E-state index in [4.69, 9.17) is 0 Å². The summed E-state index contributed by atoms with van der Waals surface area (Å²) in [5.41, 5.74) is 3.26. The van der Waals surface area contributed by atoms with Crippen LogP contribution in [0.15, 0.2) is 82.9 Å². The first-order valence-corrected chi connectivity index (χ1v) is 11.2. The van der Waals surface area contributed by atoms with Crippen LogP contribution in [0.4, 0.5) is 11.4 Å². The first-order chi connectivity index (χ1) is 14.4. The van der Waals surface area contributed by atoms with Crippen molar-refractivity contribution in [1.29, 1.82) is 0 Å². The van der Waals surface area contributed by atoms with Crippen molar-refractivity contribution < 1.29 is 13.2 Å². The zero-order valence-electron chi connectivity index (χ0n) is 16.4. The molecule has 0 fully saturated rings. The zero-order valence-corrected chi connectivity index (χ0v) is 17.3. The van der Waals surface area contributed by atoms with Crippen molar-refractivity contribution in [2.75, 3.05) is 22.9 Å². The largest absolute Gasteiger partial charge is 0.379 e. The Kier molecular flexibility index (Phi) is 5.41. The van der Waals surface area contributed by atoms with Gasteiger partial charge in [0.2, 0.25) is 0 Å². The van der Waals surface area contributed by atoms with Gasteiger partial charge in [-0.15, -0.1) is 4.40 Å². The predicted molar refractivity (Wildman–Crippen MR) is 119 cm³/mol. The number of anilines is 2. The number of benzene rings is 2. The highest BCUT2D eigenvalue weighted by molar-refractivity contribution is 7.90. The van der Waals surface area contributed by atoms with E-state index in [-0.39, 0.29) is 24.2 Å². The number of hydrogen-bond donors (Lipinski definition) is 2. The number of nitrogens with one attached hydrogen (secondary N) is 2. The molecule has 2 N–H and O–H groups in total. The first kappa shape index (κ1) is 19.9. The molecule has 0 saturated heterocycles. The first-order valence-electron chi connectivity index (χ1n) is 9.62. The van der Waals surface area contributed by atoms with Crippen LogP contribution in [0.25, 0.3) is 0 Å². The SMILES string of the molecule is CC(Nc1ccc(NC(=O)C2=CN3CCS(=O)(=O)N=C3C=C2)cc1)c1ccccc1. The van der Waals surface area contributed by atoms with E-state index in [0.29, 0.717) is 17.1 Å². The lowest BCUT2D eigenvalue weighted by molar-refractivity contribution is -0.112. The van der Waals surface area contributed by atoms with E-state index in [1.54, 1.807) is 23.3 Å². The van der Waals surface area contributed by atoms with E-state index in [0.717, 1.165) is 5.69 Å². The van der Waals surface area contributed by atoms with Gasteiger partial charge in [0.1, 0.15) is 5.84 Å². The molecule has 0 saturated carbocycles. The summed E-state index contributed by atoms with van der Waals surface area (Å²) in [6.07, 6.45) is 4.74. The minimum absolute atomic E-state index is 0.0639. The predicted octanol–water partition coefficient (Wildman–Crippen LogP) is 3.30. The van der Waals surface area contributed by atoms with Gasteiger partial charge in [-0.3, -0.25) is 4.79 Å². The second-order valence-corrected chi connectivity index (χ2v) is 8.91. The molecular weight excluding hydrogens is 400 g/mol. The molecule has 0 bridgehead atoms. The van der Waals surface area contributed by atoms with Crippen molar-refractivity contribution in [3.63, 3.8) is 0 Å². The molecule has 8 heteroatoms. The van der Waals surface area contributed by atoms with Gasteiger partial charge < -0.3 is 15.5 Å². The van der Waals surface area contributed by atoms with Crippen molar-refractivity contribution in [1.82, 2.24) is 4.90 Å². The number of sulfonamides is 1. The number of rotatable bonds is 5. The molecule has 2 heterocycles. The highest BCUT2D eigenvalue weighted by Crippen LogP contribution is 2.22. The summed E-state index contributed by atoms with van der Waals surface area (Å²) in [5, 5.41) is 6.30. The van der Waals surface area contributed by atoms with E-state index >= 15 is 0 Å². The third-order valence-corrected chi connectivity index (χ3v) is 6.08. The van der Waals surface area contributed by atoms with Crippen LogP contribution in [0.3, 0.4) is 0 Å². The molecule has 154 valence electrons. The number of carbonyl (C=O) groups excluding carboxylic acids is 1. The number of carbonyl (C=O) groups is 1. The van der Waals surface area contributed by atoms with Gasteiger partial charge in [-0.05, 0) is 48.9 Å². The minimum atomic E-state index is -3.41. The highest BCUT2D eigenvalue weighted by Gasteiger charge is 2.25. The molecule has 1 amide bonds. The highest BCUT2D eigenvalue weighted by atomic mass is 32.2. The second-order valence-electron chi connectivity index (χ2n) is 7.15. The number of hydrogen-bond acceptors (Lipinski definition) is 5. The fourth-order valence-corrected chi connectivity index (χ4v) is 4.23. The summed E-state index contributed by atoms with van der Waals surface area (Å²) in [6, 6.07) is 17.8. The Labute approximate surface area is 175 Å². The Morgan fingerprint density at radius 3 is 2.47 bits per heavy atom. The molecule has 2 aliphatic rings. The fraction of sp³-hybridized carbons (Fsp3) is 0.182. The molecule has 0 radical (unpaired) electrons. The molecule has 0 aromatic heterocycles. The molecule has 2 aromatic rings. The Morgan fingerprint density at radius 1 is 1.03 bits per heavy atom. The number of nitrogens with zero attached hydrogens (tertiary/aromatic N) is 2. The van der Waals surface area contributed by atoms with Crippen LogP contribution in [-0.2, 0) is 14.8 Å². The maximum absolute atomic E-state index is 12.6. The lowest BCUT2D eigenvalue weighted by atomic mass is 10.1. The Bertz CT molecular complexity index is 1140. The van der Waals surface area contributed by atoms with E-state index in [2.05, 4.69) is 34.1 Å². The topological polar surface area (TPSA) is 90.9 Å². The fourth-order valence-electron chi connectivity index (χ4n) is 3.26. The van der Waals surface area contributed by atoms with Gasteiger partial charge in [-0.25, -0.2) is 8.42 Å². The smallest absolute Gasteiger partial charge is 0.257 e. The maximum Gasteiger partial charge on any atom is 0.257 e. The van der Waals surface area contributed by atoms with Crippen LogP contribution in [0.5, 0.6) is 0 Å². The van der Waals surface area contributed by atoms with Crippen LogP contribution in [0.1, 0.15) is 18.5 Å². The summed E-state index contributed by atoms with van der Waals surface area (Å²) < 4.78 is 26.9. The summed E-state index contributed by atoms with van der Waals surface area (Å²) in [7, 11) is -3.41. The average Bonchev–Trinajstić information content (AvgIpc) is 2.74. The molecule has 7 nitrogen and oxygen atoms in total. The zero-order chi connectivity index (χ0) is 21.1. The molecule has 0 spiro atoms. The monoisotopic (exact) mass is 422 g/mol. The Balaban J connectivity index is 1.39. The van der Waals surface area contributed by atoms with Crippen molar-refractivity contribution >= 4 is 33.1 Å². The van der Waals surface area contributed by atoms with Gasteiger partial charge in [-0.1, -0.05) is 30.3 Å². The van der Waals surface area contributed by atoms with E-state index in [1.807, 2.05) is 42.5 Å². The third kappa shape index (κ3) is 4.60. The van der Waals surface area contributed by atoms with Crippen LogP contribution < -0.4 is 10.6 Å².